The molecule has 2 atom stereocenters. The second kappa shape index (κ2) is 9.87. The van der Waals surface area contributed by atoms with Gasteiger partial charge < -0.3 is 15.4 Å². The van der Waals surface area contributed by atoms with Crippen LogP contribution in [0.15, 0.2) is 53.4 Å². The number of benzene rings is 2. The van der Waals surface area contributed by atoms with Crippen LogP contribution in [-0.4, -0.2) is 45.9 Å². The number of hydrogen-bond donors (Lipinski definition) is 2. The molecule has 1 amide bonds. The molecule has 29 heavy (non-hydrogen) atoms. The minimum atomic E-state index is -3.56. The fraction of sp³-hybridized carbons (Fsp3) is 0.381. The number of methoxy groups -OCH3 is 1. The number of anilines is 1. The third kappa shape index (κ3) is 5.79. The Bertz CT molecular complexity index is 927. The first-order valence-corrected chi connectivity index (χ1v) is 11.0. The van der Waals surface area contributed by atoms with Gasteiger partial charge in [-0.3, -0.25) is 4.79 Å². The van der Waals surface area contributed by atoms with E-state index in [0.29, 0.717) is 5.69 Å². The molecule has 2 rings (SSSR count). The second-order valence-corrected chi connectivity index (χ2v) is 9.23. The van der Waals surface area contributed by atoms with Crippen molar-refractivity contribution in [2.24, 2.45) is 0 Å². The average molecular weight is 421 g/mol. The Morgan fingerprint density at radius 2 is 1.83 bits per heavy atom. The van der Waals surface area contributed by atoms with Crippen LogP contribution in [-0.2, 0) is 14.8 Å². The van der Waals surface area contributed by atoms with Crippen molar-refractivity contribution in [3.63, 3.8) is 0 Å². The standard InChI is InChI=1S/C21H29N3O4S/c1-6-20(16-10-12-18(28-5)13-11-16)22-15(2)21(25)23-17-8-7-9-19(14-17)29(26,27)24(3)4/h7-15,20,22H,6H2,1-5H3,(H,23,25)/p+1/t15-,20-/m0/s1. The molecule has 0 unspecified atom stereocenters. The lowest BCUT2D eigenvalue weighted by molar-refractivity contribution is -0.713. The zero-order valence-electron chi connectivity index (χ0n) is 17.5. The lowest BCUT2D eigenvalue weighted by Gasteiger charge is -2.19. The lowest BCUT2D eigenvalue weighted by Crippen LogP contribution is -2.92. The number of ether oxygens (including phenoxy) is 1. The Morgan fingerprint density at radius 1 is 1.17 bits per heavy atom. The molecule has 0 saturated carbocycles. The van der Waals surface area contributed by atoms with E-state index < -0.39 is 10.0 Å². The van der Waals surface area contributed by atoms with Gasteiger partial charge in [-0.2, -0.15) is 0 Å². The quantitative estimate of drug-likeness (QED) is 0.649. The van der Waals surface area contributed by atoms with Crippen LogP contribution in [0.5, 0.6) is 5.75 Å². The van der Waals surface area contributed by atoms with Gasteiger partial charge in [0.25, 0.3) is 5.91 Å². The zero-order chi connectivity index (χ0) is 21.6. The smallest absolute Gasteiger partial charge is 0.282 e. The molecule has 0 aromatic heterocycles. The van der Waals surface area contributed by atoms with Crippen molar-refractivity contribution in [2.45, 2.75) is 37.2 Å². The highest BCUT2D eigenvalue weighted by Gasteiger charge is 2.23. The molecule has 2 aromatic carbocycles. The number of carbonyl (C=O) groups excluding carboxylic acids is 1. The molecule has 8 heteroatoms. The van der Waals surface area contributed by atoms with Gasteiger partial charge in [-0.15, -0.1) is 0 Å². The van der Waals surface area contributed by atoms with Crippen LogP contribution in [0.2, 0.25) is 0 Å². The molecule has 0 aliphatic heterocycles. The molecule has 2 aromatic rings. The third-order valence-electron chi connectivity index (χ3n) is 4.80. The van der Waals surface area contributed by atoms with E-state index in [0.717, 1.165) is 22.0 Å². The summed E-state index contributed by atoms with van der Waals surface area (Å²) in [5.41, 5.74) is 1.57. The normalized spacial score (nSPS) is 13.7. The average Bonchev–Trinajstić information content (AvgIpc) is 2.72. The van der Waals surface area contributed by atoms with Crippen molar-refractivity contribution in [3.05, 3.63) is 54.1 Å². The maximum atomic E-state index is 12.7. The summed E-state index contributed by atoms with van der Waals surface area (Å²) in [6, 6.07) is 13.9. The van der Waals surface area contributed by atoms with Gasteiger partial charge >= 0.3 is 0 Å². The maximum Gasteiger partial charge on any atom is 0.282 e. The van der Waals surface area contributed by atoms with Gasteiger partial charge in [0.05, 0.1) is 12.0 Å². The van der Waals surface area contributed by atoms with Gasteiger partial charge in [0.1, 0.15) is 11.8 Å². The van der Waals surface area contributed by atoms with Crippen LogP contribution in [0, 0.1) is 0 Å². The Labute approximate surface area is 173 Å². The number of nitrogens with one attached hydrogen (secondary N) is 1. The van der Waals surface area contributed by atoms with Gasteiger partial charge in [0, 0.05) is 31.8 Å². The van der Waals surface area contributed by atoms with Crippen LogP contribution in [0.3, 0.4) is 0 Å². The molecule has 0 aliphatic rings. The second-order valence-electron chi connectivity index (χ2n) is 7.07. The summed E-state index contributed by atoms with van der Waals surface area (Å²) in [4.78, 5) is 12.8. The van der Waals surface area contributed by atoms with Crippen molar-refractivity contribution >= 4 is 21.6 Å². The summed E-state index contributed by atoms with van der Waals surface area (Å²) in [7, 11) is 1.02. The van der Waals surface area contributed by atoms with Crippen LogP contribution in [0.1, 0.15) is 31.9 Å². The number of nitrogens with two attached hydrogens (primary N) is 1. The molecule has 0 fully saturated rings. The fourth-order valence-electron chi connectivity index (χ4n) is 2.97. The molecule has 0 heterocycles. The van der Waals surface area contributed by atoms with E-state index in [1.165, 1.54) is 26.2 Å². The molecule has 0 radical (unpaired) electrons. The highest BCUT2D eigenvalue weighted by atomic mass is 32.2. The number of carbonyl (C=O) groups is 1. The largest absolute Gasteiger partial charge is 0.497 e. The summed E-state index contributed by atoms with van der Waals surface area (Å²) in [6.45, 7) is 3.91. The van der Waals surface area contributed by atoms with Crippen molar-refractivity contribution in [2.75, 3.05) is 26.5 Å². The monoisotopic (exact) mass is 420 g/mol. The van der Waals surface area contributed by atoms with Gasteiger partial charge in [-0.05, 0) is 49.4 Å². The van der Waals surface area contributed by atoms with Crippen LogP contribution in [0.4, 0.5) is 5.69 Å². The van der Waals surface area contributed by atoms with Gasteiger partial charge in [-0.1, -0.05) is 13.0 Å². The van der Waals surface area contributed by atoms with Crippen LogP contribution < -0.4 is 15.4 Å². The van der Waals surface area contributed by atoms with E-state index in [9.17, 15) is 13.2 Å². The summed E-state index contributed by atoms with van der Waals surface area (Å²) in [5.74, 6) is 0.610. The van der Waals surface area contributed by atoms with Crippen molar-refractivity contribution < 1.29 is 23.3 Å². The number of nitrogens with zero attached hydrogens (tertiary/aromatic N) is 1. The van der Waals surface area contributed by atoms with Gasteiger partial charge in [0.2, 0.25) is 10.0 Å². The van der Waals surface area contributed by atoms with E-state index in [4.69, 9.17) is 4.74 Å². The number of sulfonamides is 1. The Hall–Kier alpha value is -2.42. The Balaban J connectivity index is 2.08. The zero-order valence-corrected chi connectivity index (χ0v) is 18.4. The first-order valence-electron chi connectivity index (χ1n) is 9.51. The molecule has 3 N–H and O–H groups in total. The highest BCUT2D eigenvalue weighted by molar-refractivity contribution is 7.89. The minimum Gasteiger partial charge on any atom is -0.497 e. The summed E-state index contributed by atoms with van der Waals surface area (Å²) < 4.78 is 30.9. The predicted molar refractivity (Wildman–Crippen MR) is 113 cm³/mol. The lowest BCUT2D eigenvalue weighted by atomic mass is 10.0. The molecule has 158 valence electrons. The Morgan fingerprint density at radius 3 is 2.38 bits per heavy atom. The number of amides is 1. The van der Waals surface area contributed by atoms with Gasteiger partial charge in [0.15, 0.2) is 6.04 Å². The van der Waals surface area contributed by atoms with Crippen LogP contribution >= 0.6 is 0 Å². The highest BCUT2D eigenvalue weighted by Crippen LogP contribution is 2.19. The summed E-state index contributed by atoms with van der Waals surface area (Å²) in [5, 5.41) is 4.83. The fourth-order valence-corrected chi connectivity index (χ4v) is 3.92. The Kier molecular flexibility index (Phi) is 7.78. The van der Waals surface area contributed by atoms with E-state index >= 15 is 0 Å². The van der Waals surface area contributed by atoms with Crippen molar-refractivity contribution in [1.29, 1.82) is 0 Å². The van der Waals surface area contributed by atoms with Crippen LogP contribution in [0.25, 0.3) is 0 Å². The van der Waals surface area contributed by atoms with Gasteiger partial charge in [-0.25, -0.2) is 12.7 Å². The molecule has 0 aliphatic carbocycles. The predicted octanol–water partition coefficient (Wildman–Crippen LogP) is 1.99. The van der Waals surface area contributed by atoms with E-state index in [-0.39, 0.29) is 22.9 Å². The molecular weight excluding hydrogens is 390 g/mol. The molecule has 0 bridgehead atoms. The number of rotatable bonds is 9. The topological polar surface area (TPSA) is 92.3 Å². The molecule has 0 saturated heterocycles. The maximum absolute atomic E-state index is 12.7. The first-order chi connectivity index (χ1) is 13.7. The number of hydrogen-bond acceptors (Lipinski definition) is 4. The SMILES string of the molecule is CC[C@H]([NH2+][C@@H](C)C(=O)Nc1cccc(S(=O)(=O)N(C)C)c1)c1ccc(OC)cc1. The van der Waals surface area contributed by atoms with E-state index in [2.05, 4.69) is 12.2 Å². The molecule has 7 nitrogen and oxygen atoms in total. The molecule has 0 spiro atoms. The number of quaternary nitrogens is 1. The third-order valence-corrected chi connectivity index (χ3v) is 6.61. The van der Waals surface area contributed by atoms with Crippen molar-refractivity contribution in [1.82, 2.24) is 4.31 Å². The van der Waals surface area contributed by atoms with Crippen molar-refractivity contribution in [3.8, 4) is 5.75 Å². The first kappa shape index (κ1) is 22.9. The van der Waals surface area contributed by atoms with E-state index in [1.54, 1.807) is 19.2 Å². The minimum absolute atomic E-state index is 0.127. The van der Waals surface area contributed by atoms with E-state index in [1.807, 2.05) is 36.5 Å². The summed E-state index contributed by atoms with van der Waals surface area (Å²) >= 11 is 0. The summed E-state index contributed by atoms with van der Waals surface area (Å²) in [6.07, 6.45) is 0.862. The molecular formula is C21H30N3O4S+.